The van der Waals surface area contributed by atoms with Crippen molar-refractivity contribution in [3.05, 3.63) is 35.4 Å². The molecule has 10 N–H and O–H groups in total. The Bertz CT molecular complexity index is 638. The van der Waals surface area contributed by atoms with E-state index in [2.05, 4.69) is 15.3 Å². The van der Waals surface area contributed by atoms with Gasteiger partial charge in [-0.05, 0) is 18.4 Å². The smallest absolute Gasteiger partial charge is 0.188 e. The molecule has 0 unspecified atom stereocenters. The summed E-state index contributed by atoms with van der Waals surface area (Å²) in [5, 5.41) is 10.4. The van der Waals surface area contributed by atoms with Gasteiger partial charge in [-0.15, -0.1) is 0 Å². The van der Waals surface area contributed by atoms with Crippen LogP contribution in [0, 0.1) is 5.41 Å². The second-order valence-electron chi connectivity index (χ2n) is 6.78. The van der Waals surface area contributed by atoms with Crippen LogP contribution < -0.4 is 28.3 Å². The number of amidine groups is 1. The highest BCUT2D eigenvalue weighted by molar-refractivity contribution is 5.94. The first-order valence-corrected chi connectivity index (χ1v) is 10.1. The molecule has 0 aliphatic carbocycles. The molecule has 29 heavy (non-hydrogen) atoms. The van der Waals surface area contributed by atoms with E-state index in [0.29, 0.717) is 37.8 Å². The number of aliphatic imine (C=N–C) groups is 2. The number of guanidine groups is 2. The summed E-state index contributed by atoms with van der Waals surface area (Å²) in [6, 6.07) is 7.45. The highest BCUT2D eigenvalue weighted by Crippen LogP contribution is 2.06. The Kier molecular flexibility index (Phi) is 12.7. The van der Waals surface area contributed by atoms with E-state index in [9.17, 15) is 0 Å². The molecule has 0 spiro atoms. The van der Waals surface area contributed by atoms with Crippen molar-refractivity contribution in [2.24, 2.45) is 32.9 Å². The van der Waals surface area contributed by atoms with E-state index in [0.717, 1.165) is 37.8 Å². The lowest BCUT2D eigenvalue weighted by Gasteiger charge is -2.07. The molecule has 0 saturated carbocycles. The highest BCUT2D eigenvalue weighted by Gasteiger charge is 1.98. The number of nitrogens with one attached hydrogen (secondary N) is 2. The largest absolute Gasteiger partial charge is 0.384 e. The van der Waals surface area contributed by atoms with Crippen LogP contribution in [-0.4, -0.2) is 44.0 Å². The van der Waals surface area contributed by atoms with Crippen molar-refractivity contribution >= 4 is 17.8 Å². The molecular weight excluding hydrogens is 368 g/mol. The van der Waals surface area contributed by atoms with Gasteiger partial charge >= 0.3 is 0 Å². The highest BCUT2D eigenvalue weighted by atomic mass is 16.5. The van der Waals surface area contributed by atoms with Crippen molar-refractivity contribution in [2.75, 3.05) is 26.2 Å². The van der Waals surface area contributed by atoms with Gasteiger partial charge in [0.05, 0.1) is 13.2 Å². The molecular formula is C20H36N8O. The maximum atomic E-state index is 7.37. The fraction of sp³-hybridized carbons (Fsp3) is 0.550. The third kappa shape index (κ3) is 13.1. The van der Waals surface area contributed by atoms with Gasteiger partial charge in [0.15, 0.2) is 11.9 Å². The Hall–Kier alpha value is -2.81. The van der Waals surface area contributed by atoms with E-state index < -0.39 is 0 Å². The number of hydrogen-bond acceptors (Lipinski definition) is 4. The van der Waals surface area contributed by atoms with E-state index in [-0.39, 0.29) is 11.8 Å². The van der Waals surface area contributed by atoms with Gasteiger partial charge in [-0.2, -0.15) is 0 Å². The van der Waals surface area contributed by atoms with E-state index in [1.807, 2.05) is 24.3 Å². The molecule has 0 aliphatic rings. The van der Waals surface area contributed by atoms with Gasteiger partial charge in [-0.3, -0.25) is 15.4 Å². The van der Waals surface area contributed by atoms with Gasteiger partial charge in [0.2, 0.25) is 0 Å². The van der Waals surface area contributed by atoms with Crippen LogP contribution in [0.4, 0.5) is 0 Å². The number of hydrogen-bond donors (Lipinski definition) is 6. The Labute approximate surface area is 173 Å². The summed E-state index contributed by atoms with van der Waals surface area (Å²) in [6.45, 7) is 3.09. The van der Waals surface area contributed by atoms with Gasteiger partial charge in [0.25, 0.3) is 0 Å². The molecule has 9 nitrogen and oxygen atoms in total. The van der Waals surface area contributed by atoms with Crippen molar-refractivity contribution in [1.82, 2.24) is 5.32 Å². The van der Waals surface area contributed by atoms with E-state index in [4.69, 9.17) is 33.1 Å². The molecule has 0 amide bonds. The lowest BCUT2D eigenvalue weighted by Crippen LogP contribution is -2.34. The summed E-state index contributed by atoms with van der Waals surface area (Å²) >= 11 is 0. The van der Waals surface area contributed by atoms with Crippen LogP contribution in [0.5, 0.6) is 0 Å². The van der Waals surface area contributed by atoms with Gasteiger partial charge in [-0.1, -0.05) is 49.9 Å². The van der Waals surface area contributed by atoms with E-state index >= 15 is 0 Å². The van der Waals surface area contributed by atoms with Gasteiger partial charge < -0.3 is 33.0 Å². The van der Waals surface area contributed by atoms with Crippen molar-refractivity contribution in [3.63, 3.8) is 0 Å². The zero-order valence-electron chi connectivity index (χ0n) is 17.2. The second-order valence-corrected chi connectivity index (χ2v) is 6.78. The number of nitrogens with two attached hydrogens (primary N) is 4. The number of rotatable bonds is 15. The van der Waals surface area contributed by atoms with Crippen LogP contribution in [-0.2, 0) is 11.3 Å². The average Bonchev–Trinajstić information content (AvgIpc) is 2.69. The van der Waals surface area contributed by atoms with Crippen molar-refractivity contribution < 1.29 is 4.74 Å². The fourth-order valence-electron chi connectivity index (χ4n) is 2.62. The van der Waals surface area contributed by atoms with Crippen molar-refractivity contribution in [1.29, 1.82) is 5.41 Å². The number of benzene rings is 1. The van der Waals surface area contributed by atoms with Crippen LogP contribution in [0.1, 0.15) is 49.7 Å². The minimum atomic E-state index is 0.0657. The van der Waals surface area contributed by atoms with Gasteiger partial charge in [-0.25, -0.2) is 0 Å². The molecule has 0 aromatic heterocycles. The average molecular weight is 405 g/mol. The molecule has 0 fully saturated rings. The van der Waals surface area contributed by atoms with Crippen LogP contribution in [0.3, 0.4) is 0 Å². The van der Waals surface area contributed by atoms with Crippen LogP contribution in [0.2, 0.25) is 0 Å². The topological polar surface area (TPSA) is 174 Å². The van der Waals surface area contributed by atoms with Crippen LogP contribution >= 0.6 is 0 Å². The first-order chi connectivity index (χ1) is 14.0. The quantitative estimate of drug-likeness (QED) is 0.144. The summed E-state index contributed by atoms with van der Waals surface area (Å²) in [5.41, 5.74) is 23.6. The second kappa shape index (κ2) is 15.2. The zero-order valence-corrected chi connectivity index (χ0v) is 17.2. The van der Waals surface area contributed by atoms with Crippen LogP contribution in [0.15, 0.2) is 34.3 Å². The number of ether oxygens (including phenoxy) is 1. The Morgan fingerprint density at radius 1 is 0.862 bits per heavy atom. The molecule has 0 radical (unpaired) electrons. The third-order valence-corrected chi connectivity index (χ3v) is 4.23. The summed E-state index contributed by atoms with van der Waals surface area (Å²) in [7, 11) is 0. The fourth-order valence-corrected chi connectivity index (χ4v) is 2.62. The third-order valence-electron chi connectivity index (χ3n) is 4.23. The molecule has 9 heteroatoms. The Morgan fingerprint density at radius 3 is 2.03 bits per heavy atom. The minimum Gasteiger partial charge on any atom is -0.384 e. The number of unbranched alkanes of at least 4 members (excludes halogenated alkanes) is 5. The van der Waals surface area contributed by atoms with E-state index in [1.54, 1.807) is 0 Å². The molecule has 162 valence electrons. The molecule has 0 saturated heterocycles. The molecule has 0 heterocycles. The summed E-state index contributed by atoms with van der Waals surface area (Å²) in [5.74, 6) is 0.689. The molecule has 1 aromatic rings. The van der Waals surface area contributed by atoms with Crippen molar-refractivity contribution in [2.45, 2.75) is 45.1 Å². The molecule has 1 rings (SSSR count). The zero-order chi connectivity index (χ0) is 21.3. The standard InChI is InChI=1S/C20H36N8O/c21-18(22)17-9-7-16(8-10-17)15-29-14-13-28-20(25)27-12-6-4-2-1-3-5-11-26-19(23)24/h7-10H,1-6,11-15H2,(H3,21,22)(H4,23,24,26)(H3,25,27,28). The predicted octanol–water partition coefficient (Wildman–Crippen LogP) is 1.01. The number of nitrogens with zero attached hydrogens (tertiary/aromatic N) is 2. The maximum absolute atomic E-state index is 7.37. The normalized spacial score (nSPS) is 11.2. The SMILES string of the molecule is N=C(N)c1ccc(COCCNC(N)=NCCCCCCCCN=C(N)N)cc1. The van der Waals surface area contributed by atoms with Crippen LogP contribution in [0.25, 0.3) is 0 Å². The lowest BCUT2D eigenvalue weighted by atomic mass is 10.1. The Morgan fingerprint density at radius 2 is 1.45 bits per heavy atom. The maximum Gasteiger partial charge on any atom is 0.188 e. The van der Waals surface area contributed by atoms with E-state index in [1.165, 1.54) is 12.8 Å². The summed E-state index contributed by atoms with van der Waals surface area (Å²) < 4.78 is 5.60. The van der Waals surface area contributed by atoms with Gasteiger partial charge in [0.1, 0.15) is 5.84 Å². The molecule has 1 aromatic carbocycles. The summed E-state index contributed by atoms with van der Waals surface area (Å²) in [6.07, 6.45) is 6.72. The predicted molar refractivity (Wildman–Crippen MR) is 120 cm³/mol. The summed E-state index contributed by atoms with van der Waals surface area (Å²) in [4.78, 5) is 8.29. The molecule has 0 bridgehead atoms. The first-order valence-electron chi connectivity index (χ1n) is 10.1. The number of nitrogen functional groups attached to an aromatic ring is 1. The Balaban J connectivity index is 1.97. The van der Waals surface area contributed by atoms with Crippen molar-refractivity contribution in [3.8, 4) is 0 Å². The lowest BCUT2D eigenvalue weighted by molar-refractivity contribution is 0.125. The molecule has 0 atom stereocenters. The minimum absolute atomic E-state index is 0.0657. The first kappa shape index (κ1) is 24.2. The monoisotopic (exact) mass is 404 g/mol. The van der Waals surface area contributed by atoms with Gasteiger partial charge in [0, 0.05) is 25.2 Å². The molecule has 0 aliphatic heterocycles.